The minimum absolute atomic E-state index is 0.118. The summed E-state index contributed by atoms with van der Waals surface area (Å²) in [5.74, 6) is 1.70. The highest BCUT2D eigenvalue weighted by molar-refractivity contribution is 5.81. The van der Waals surface area contributed by atoms with E-state index in [1.165, 1.54) is 12.8 Å². The van der Waals surface area contributed by atoms with Gasteiger partial charge in [0, 0.05) is 53.8 Å². The molecule has 6 heteroatoms. The molecular weight excluding hydrogens is 328 g/mol. The van der Waals surface area contributed by atoms with Crippen LogP contribution < -0.4 is 5.32 Å². The number of nitrogens with zero attached hydrogens (tertiary/aromatic N) is 3. The van der Waals surface area contributed by atoms with E-state index in [2.05, 4.69) is 10.3 Å². The molecule has 26 heavy (non-hydrogen) atoms. The molecule has 0 atom stereocenters. The predicted molar refractivity (Wildman–Crippen MR) is 105 cm³/mol. The molecule has 6 nitrogen and oxygen atoms in total. The zero-order valence-corrected chi connectivity index (χ0v) is 16.3. The normalized spacial score (nSPS) is 14.2. The molecule has 144 valence electrons. The summed E-state index contributed by atoms with van der Waals surface area (Å²) in [6, 6.07) is 10.0. The highest BCUT2D eigenvalue weighted by Gasteiger charge is 2.21. The van der Waals surface area contributed by atoms with E-state index in [4.69, 9.17) is 4.74 Å². The molecule has 1 aliphatic rings. The lowest BCUT2D eigenvalue weighted by atomic mass is 10.2. The van der Waals surface area contributed by atoms with Crippen molar-refractivity contribution in [1.82, 2.24) is 15.1 Å². The summed E-state index contributed by atoms with van der Waals surface area (Å²) >= 11 is 0. The average Bonchev–Trinajstić information content (AvgIpc) is 3.47. The molecule has 0 aromatic heterocycles. The van der Waals surface area contributed by atoms with E-state index in [-0.39, 0.29) is 5.91 Å². The van der Waals surface area contributed by atoms with Crippen molar-refractivity contribution >= 4 is 11.9 Å². The van der Waals surface area contributed by atoms with Gasteiger partial charge in [0.2, 0.25) is 5.91 Å². The summed E-state index contributed by atoms with van der Waals surface area (Å²) in [5, 5.41) is 3.25. The molecule has 0 spiro atoms. The lowest BCUT2D eigenvalue weighted by Gasteiger charge is -2.22. The number of rotatable bonds is 10. The van der Waals surface area contributed by atoms with E-state index in [0.717, 1.165) is 30.6 Å². The molecule has 1 saturated carbocycles. The fourth-order valence-electron chi connectivity index (χ4n) is 2.64. The van der Waals surface area contributed by atoms with E-state index in [0.29, 0.717) is 26.1 Å². The molecule has 1 aromatic carbocycles. The number of amides is 1. The minimum atomic E-state index is 0.118. The van der Waals surface area contributed by atoms with Crippen LogP contribution in [0.5, 0.6) is 0 Å². The minimum Gasteiger partial charge on any atom is -0.379 e. The predicted octanol–water partition coefficient (Wildman–Crippen LogP) is 1.97. The molecule has 1 aromatic rings. The maximum atomic E-state index is 12.3. The Morgan fingerprint density at radius 2 is 1.96 bits per heavy atom. The number of carbonyl (C=O) groups is 1. The Balaban J connectivity index is 1.62. The van der Waals surface area contributed by atoms with Gasteiger partial charge in [-0.15, -0.1) is 0 Å². The molecule has 1 N–H and O–H groups in total. The van der Waals surface area contributed by atoms with Crippen LogP contribution in [0.15, 0.2) is 35.3 Å². The van der Waals surface area contributed by atoms with Gasteiger partial charge >= 0.3 is 0 Å². The van der Waals surface area contributed by atoms with Crippen molar-refractivity contribution in [2.24, 2.45) is 10.9 Å². The number of aliphatic imine (C=N–C) groups is 1. The van der Waals surface area contributed by atoms with Crippen molar-refractivity contribution in [2.75, 3.05) is 47.4 Å². The van der Waals surface area contributed by atoms with Crippen LogP contribution in [0.25, 0.3) is 0 Å². The smallest absolute Gasteiger partial charge is 0.224 e. The standard InChI is InChI=1S/C20H32N4O2/c1-21-20(23(2)13-14-26-16-18-9-10-18)22-12-11-19(25)24(3)15-17-7-5-4-6-8-17/h4-8,18H,9-16H2,1-3H3,(H,21,22). The second kappa shape index (κ2) is 10.8. The molecule has 0 radical (unpaired) electrons. The van der Waals surface area contributed by atoms with Crippen molar-refractivity contribution < 1.29 is 9.53 Å². The van der Waals surface area contributed by atoms with Gasteiger partial charge in [-0.05, 0) is 24.3 Å². The number of benzene rings is 1. The van der Waals surface area contributed by atoms with Crippen LogP contribution >= 0.6 is 0 Å². The van der Waals surface area contributed by atoms with Crippen LogP contribution in [-0.4, -0.2) is 69.1 Å². The fourth-order valence-corrected chi connectivity index (χ4v) is 2.64. The molecule has 1 fully saturated rings. The van der Waals surface area contributed by atoms with Gasteiger partial charge in [0.15, 0.2) is 5.96 Å². The molecular formula is C20H32N4O2. The van der Waals surface area contributed by atoms with Crippen LogP contribution in [0.1, 0.15) is 24.8 Å². The summed E-state index contributed by atoms with van der Waals surface area (Å²) < 4.78 is 5.67. The van der Waals surface area contributed by atoms with Gasteiger partial charge < -0.3 is 19.9 Å². The van der Waals surface area contributed by atoms with E-state index in [1.54, 1.807) is 11.9 Å². The Labute approximate surface area is 157 Å². The van der Waals surface area contributed by atoms with Crippen LogP contribution in [0.2, 0.25) is 0 Å². The number of hydrogen-bond acceptors (Lipinski definition) is 3. The van der Waals surface area contributed by atoms with E-state index in [9.17, 15) is 4.79 Å². The number of likely N-dealkylation sites (N-methyl/N-ethyl adjacent to an activating group) is 1. The second-order valence-electron chi connectivity index (χ2n) is 6.90. The van der Waals surface area contributed by atoms with Gasteiger partial charge in [0.05, 0.1) is 6.61 Å². The number of carbonyl (C=O) groups excluding carboxylic acids is 1. The van der Waals surface area contributed by atoms with Gasteiger partial charge in [0.1, 0.15) is 0 Å². The molecule has 1 aliphatic carbocycles. The monoisotopic (exact) mass is 360 g/mol. The zero-order valence-electron chi connectivity index (χ0n) is 16.3. The Morgan fingerprint density at radius 1 is 1.23 bits per heavy atom. The van der Waals surface area contributed by atoms with Crippen LogP contribution in [-0.2, 0) is 16.1 Å². The molecule has 0 unspecified atom stereocenters. The number of guanidine groups is 1. The summed E-state index contributed by atoms with van der Waals surface area (Å²) in [4.78, 5) is 20.3. The molecule has 0 heterocycles. The fraction of sp³-hybridized carbons (Fsp3) is 0.600. The van der Waals surface area contributed by atoms with E-state index in [1.807, 2.05) is 49.3 Å². The lowest BCUT2D eigenvalue weighted by Crippen LogP contribution is -2.42. The summed E-state index contributed by atoms with van der Waals surface area (Å²) in [5.41, 5.74) is 1.14. The summed E-state index contributed by atoms with van der Waals surface area (Å²) in [6.45, 7) is 3.56. The highest BCUT2D eigenvalue weighted by Crippen LogP contribution is 2.28. The second-order valence-corrected chi connectivity index (χ2v) is 6.90. The van der Waals surface area contributed by atoms with Gasteiger partial charge in [-0.2, -0.15) is 0 Å². The van der Waals surface area contributed by atoms with Crippen LogP contribution in [0, 0.1) is 5.92 Å². The SMILES string of the molecule is CN=C(NCCC(=O)N(C)Cc1ccccc1)N(C)CCOCC1CC1. The van der Waals surface area contributed by atoms with E-state index < -0.39 is 0 Å². The van der Waals surface area contributed by atoms with Crippen LogP contribution in [0.3, 0.4) is 0 Å². The highest BCUT2D eigenvalue weighted by atomic mass is 16.5. The molecule has 2 rings (SSSR count). The number of hydrogen-bond donors (Lipinski definition) is 1. The Hall–Kier alpha value is -2.08. The molecule has 0 saturated heterocycles. The third-order valence-electron chi connectivity index (χ3n) is 4.51. The summed E-state index contributed by atoms with van der Waals surface area (Å²) in [7, 11) is 5.58. The molecule has 0 aliphatic heterocycles. The van der Waals surface area contributed by atoms with Crippen molar-refractivity contribution in [3.05, 3.63) is 35.9 Å². The Bertz CT molecular complexity index is 572. The van der Waals surface area contributed by atoms with Crippen molar-refractivity contribution in [3.8, 4) is 0 Å². The zero-order chi connectivity index (χ0) is 18.8. The molecule has 1 amide bonds. The average molecular weight is 361 g/mol. The third-order valence-corrected chi connectivity index (χ3v) is 4.51. The quantitative estimate of drug-likeness (QED) is 0.394. The van der Waals surface area contributed by atoms with Gasteiger partial charge in [-0.25, -0.2) is 0 Å². The topological polar surface area (TPSA) is 57.2 Å². The lowest BCUT2D eigenvalue weighted by molar-refractivity contribution is -0.130. The maximum Gasteiger partial charge on any atom is 0.224 e. The van der Waals surface area contributed by atoms with Crippen molar-refractivity contribution in [2.45, 2.75) is 25.8 Å². The first-order valence-corrected chi connectivity index (χ1v) is 9.37. The van der Waals surface area contributed by atoms with Crippen molar-refractivity contribution in [3.63, 3.8) is 0 Å². The van der Waals surface area contributed by atoms with Gasteiger partial charge in [0.25, 0.3) is 0 Å². The largest absolute Gasteiger partial charge is 0.379 e. The first-order chi connectivity index (χ1) is 12.6. The first kappa shape index (κ1) is 20.2. The molecule has 0 bridgehead atoms. The Morgan fingerprint density at radius 3 is 2.62 bits per heavy atom. The van der Waals surface area contributed by atoms with Gasteiger partial charge in [-0.1, -0.05) is 30.3 Å². The van der Waals surface area contributed by atoms with E-state index >= 15 is 0 Å². The Kier molecular flexibility index (Phi) is 8.41. The maximum absolute atomic E-state index is 12.3. The number of nitrogens with one attached hydrogen (secondary N) is 1. The third kappa shape index (κ3) is 7.44. The van der Waals surface area contributed by atoms with Crippen LogP contribution in [0.4, 0.5) is 0 Å². The summed E-state index contributed by atoms with van der Waals surface area (Å²) in [6.07, 6.45) is 3.06. The first-order valence-electron chi connectivity index (χ1n) is 9.37. The van der Waals surface area contributed by atoms with Gasteiger partial charge in [-0.3, -0.25) is 9.79 Å². The van der Waals surface area contributed by atoms with Crippen molar-refractivity contribution in [1.29, 1.82) is 0 Å². The number of ether oxygens (including phenoxy) is 1.